The summed E-state index contributed by atoms with van der Waals surface area (Å²) in [5, 5.41) is 17.1. The third kappa shape index (κ3) is 3.32. The molecule has 0 aliphatic heterocycles. The van der Waals surface area contributed by atoms with Crippen LogP contribution in [0.5, 0.6) is 11.8 Å². The van der Waals surface area contributed by atoms with E-state index in [2.05, 4.69) is 20.2 Å². The van der Waals surface area contributed by atoms with Crippen LogP contribution in [0, 0.1) is 11.6 Å². The fourth-order valence-corrected chi connectivity index (χ4v) is 2.85. The highest BCUT2D eigenvalue weighted by Crippen LogP contribution is 2.32. The number of H-pyrrole nitrogens is 1. The van der Waals surface area contributed by atoms with Gasteiger partial charge in [0.15, 0.2) is 17.2 Å². The molecule has 27 heavy (non-hydrogen) atoms. The minimum Gasteiger partial charge on any atom is -0.421 e. The van der Waals surface area contributed by atoms with Crippen LogP contribution in [0.15, 0.2) is 42.6 Å². The quantitative estimate of drug-likeness (QED) is 0.546. The van der Waals surface area contributed by atoms with Crippen LogP contribution in [-0.4, -0.2) is 25.3 Å². The van der Waals surface area contributed by atoms with Gasteiger partial charge >= 0.3 is 6.01 Å². The first kappa shape index (κ1) is 17.3. The van der Waals surface area contributed by atoms with Gasteiger partial charge in [-0.2, -0.15) is 10.1 Å². The Hall–Kier alpha value is -3.10. The summed E-state index contributed by atoms with van der Waals surface area (Å²) in [5.74, 6) is -1.77. The number of halogens is 3. The van der Waals surface area contributed by atoms with Crippen molar-refractivity contribution in [2.45, 2.75) is 6.61 Å². The van der Waals surface area contributed by atoms with E-state index in [0.717, 1.165) is 12.1 Å². The fraction of sp³-hybridized carbons (Fsp3) is 0.0556. The van der Waals surface area contributed by atoms with E-state index in [1.54, 1.807) is 18.2 Å². The third-order valence-corrected chi connectivity index (χ3v) is 4.17. The lowest BCUT2D eigenvalue weighted by atomic mass is 10.1. The van der Waals surface area contributed by atoms with Gasteiger partial charge in [-0.1, -0.05) is 23.7 Å². The molecule has 6 nitrogen and oxygen atoms in total. The van der Waals surface area contributed by atoms with Gasteiger partial charge in [-0.15, -0.1) is 0 Å². The van der Waals surface area contributed by atoms with Gasteiger partial charge < -0.3 is 9.84 Å². The molecule has 0 aliphatic rings. The largest absolute Gasteiger partial charge is 0.421 e. The van der Waals surface area contributed by atoms with Gasteiger partial charge in [0, 0.05) is 17.8 Å². The Kier molecular flexibility index (Phi) is 4.43. The summed E-state index contributed by atoms with van der Waals surface area (Å²) in [5.41, 5.74) is 2.21. The maximum atomic E-state index is 13.7. The summed E-state index contributed by atoms with van der Waals surface area (Å²) in [6.07, 6.45) is 1.47. The minimum atomic E-state index is -0.861. The highest BCUT2D eigenvalue weighted by Gasteiger charge is 2.15. The van der Waals surface area contributed by atoms with Gasteiger partial charge in [0.1, 0.15) is 11.5 Å². The molecule has 0 saturated heterocycles. The average molecular weight is 389 g/mol. The van der Waals surface area contributed by atoms with Crippen molar-refractivity contribution in [3.63, 3.8) is 0 Å². The molecule has 0 aliphatic carbocycles. The first-order chi connectivity index (χ1) is 13.0. The minimum absolute atomic E-state index is 0.120. The summed E-state index contributed by atoms with van der Waals surface area (Å²) >= 11 is 6.27. The molecule has 4 rings (SSSR count). The fourth-order valence-electron chi connectivity index (χ4n) is 2.55. The van der Waals surface area contributed by atoms with E-state index in [1.807, 2.05) is 0 Å². The van der Waals surface area contributed by atoms with Gasteiger partial charge in [0.25, 0.3) is 0 Å². The molecular weight excluding hydrogens is 378 g/mol. The van der Waals surface area contributed by atoms with Crippen LogP contribution in [0.2, 0.25) is 5.02 Å². The van der Waals surface area contributed by atoms with Crippen LogP contribution in [0.3, 0.4) is 0 Å². The number of aliphatic hydroxyl groups is 1. The SMILES string of the molecule is OCc1ccc(-c2n[nH]c3nc(Oc4ccc(F)cc4F)ncc23)c(Cl)c1. The normalized spacial score (nSPS) is 11.1. The maximum Gasteiger partial charge on any atom is 0.324 e. The van der Waals surface area contributed by atoms with E-state index < -0.39 is 11.6 Å². The number of hydrogen-bond donors (Lipinski definition) is 2. The Bertz CT molecular complexity index is 1150. The van der Waals surface area contributed by atoms with Crippen molar-refractivity contribution in [2.24, 2.45) is 0 Å². The van der Waals surface area contributed by atoms with Crippen LogP contribution in [0.1, 0.15) is 5.56 Å². The number of benzene rings is 2. The van der Waals surface area contributed by atoms with Crippen molar-refractivity contribution in [3.05, 3.63) is 64.8 Å². The highest BCUT2D eigenvalue weighted by molar-refractivity contribution is 6.33. The number of rotatable bonds is 4. The smallest absolute Gasteiger partial charge is 0.324 e. The molecule has 136 valence electrons. The Morgan fingerprint density at radius 2 is 2.00 bits per heavy atom. The van der Waals surface area contributed by atoms with Crippen molar-refractivity contribution in [2.75, 3.05) is 0 Å². The summed E-state index contributed by atoms with van der Waals surface area (Å²) in [7, 11) is 0. The molecule has 0 unspecified atom stereocenters. The molecule has 0 atom stereocenters. The molecule has 2 aromatic carbocycles. The molecule has 2 aromatic heterocycles. The second-order valence-electron chi connectivity index (χ2n) is 5.64. The summed E-state index contributed by atoms with van der Waals surface area (Å²) in [4.78, 5) is 8.20. The lowest BCUT2D eigenvalue weighted by molar-refractivity contribution is 0.282. The zero-order chi connectivity index (χ0) is 19.0. The topological polar surface area (TPSA) is 83.9 Å². The molecule has 0 saturated carbocycles. The lowest BCUT2D eigenvalue weighted by Gasteiger charge is -2.05. The van der Waals surface area contributed by atoms with Crippen molar-refractivity contribution >= 4 is 22.6 Å². The van der Waals surface area contributed by atoms with Crippen LogP contribution in [0.25, 0.3) is 22.3 Å². The number of nitrogens with one attached hydrogen (secondary N) is 1. The van der Waals surface area contributed by atoms with Crippen molar-refractivity contribution in [1.82, 2.24) is 20.2 Å². The molecule has 0 radical (unpaired) electrons. The second-order valence-corrected chi connectivity index (χ2v) is 6.04. The van der Waals surface area contributed by atoms with E-state index in [-0.39, 0.29) is 18.4 Å². The van der Waals surface area contributed by atoms with E-state index in [9.17, 15) is 13.9 Å². The molecule has 2 N–H and O–H groups in total. The number of fused-ring (bicyclic) bond motifs is 1. The summed E-state index contributed by atoms with van der Waals surface area (Å²) in [6.45, 7) is -0.120. The molecule has 4 aromatic rings. The zero-order valence-corrected chi connectivity index (χ0v) is 14.3. The first-order valence-corrected chi connectivity index (χ1v) is 8.16. The van der Waals surface area contributed by atoms with Gasteiger partial charge in [0.05, 0.1) is 17.0 Å². The molecule has 0 fully saturated rings. The average Bonchev–Trinajstić information content (AvgIpc) is 3.07. The molecule has 0 bridgehead atoms. The van der Waals surface area contributed by atoms with E-state index >= 15 is 0 Å². The standard InChI is InChI=1S/C18H11ClF2N4O2/c19-13-5-9(8-26)1-3-11(13)16-12-7-22-18(23-17(12)25-24-16)27-15-4-2-10(20)6-14(15)21/h1-7,26H,8H2,(H,22,23,24,25). The molecule has 9 heteroatoms. The molecule has 2 heterocycles. The Morgan fingerprint density at radius 3 is 2.74 bits per heavy atom. The Labute approximate surface area is 156 Å². The van der Waals surface area contributed by atoms with Gasteiger partial charge in [-0.05, 0) is 23.8 Å². The number of hydrogen-bond acceptors (Lipinski definition) is 5. The van der Waals surface area contributed by atoms with Crippen molar-refractivity contribution in [3.8, 4) is 23.0 Å². The number of aromatic amines is 1. The molecule has 0 spiro atoms. The van der Waals surface area contributed by atoms with Crippen molar-refractivity contribution < 1.29 is 18.6 Å². The number of ether oxygens (including phenoxy) is 1. The lowest BCUT2D eigenvalue weighted by Crippen LogP contribution is -1.94. The van der Waals surface area contributed by atoms with Crippen molar-refractivity contribution in [1.29, 1.82) is 0 Å². The van der Waals surface area contributed by atoms with Gasteiger partial charge in [-0.25, -0.2) is 13.8 Å². The summed E-state index contributed by atoms with van der Waals surface area (Å²) < 4.78 is 32.0. The first-order valence-electron chi connectivity index (χ1n) is 7.79. The number of aliphatic hydroxyl groups excluding tert-OH is 1. The van der Waals surface area contributed by atoms with Crippen LogP contribution in [0.4, 0.5) is 8.78 Å². The predicted octanol–water partition coefficient (Wildman–Crippen LogP) is 4.24. The Morgan fingerprint density at radius 1 is 1.15 bits per heavy atom. The van der Waals surface area contributed by atoms with E-state index in [0.29, 0.717) is 38.9 Å². The van der Waals surface area contributed by atoms with E-state index in [4.69, 9.17) is 16.3 Å². The van der Waals surface area contributed by atoms with E-state index in [1.165, 1.54) is 6.20 Å². The molecule has 0 amide bonds. The molecular formula is C18H11ClF2N4O2. The summed E-state index contributed by atoms with van der Waals surface area (Å²) in [6, 6.07) is 7.93. The van der Waals surface area contributed by atoms with Crippen LogP contribution < -0.4 is 4.74 Å². The number of nitrogens with zero attached hydrogens (tertiary/aromatic N) is 3. The maximum absolute atomic E-state index is 13.7. The van der Waals surface area contributed by atoms with Gasteiger partial charge in [-0.3, -0.25) is 5.10 Å². The zero-order valence-electron chi connectivity index (χ0n) is 13.6. The second kappa shape index (κ2) is 6.90. The third-order valence-electron chi connectivity index (χ3n) is 3.86. The predicted molar refractivity (Wildman–Crippen MR) is 94.5 cm³/mol. The Balaban J connectivity index is 1.69. The monoisotopic (exact) mass is 388 g/mol. The van der Waals surface area contributed by atoms with Gasteiger partial charge in [0.2, 0.25) is 0 Å². The number of aromatic nitrogens is 4. The van der Waals surface area contributed by atoms with Crippen LogP contribution >= 0.6 is 11.6 Å². The highest BCUT2D eigenvalue weighted by atomic mass is 35.5. The van der Waals surface area contributed by atoms with Crippen LogP contribution in [-0.2, 0) is 6.61 Å².